The third-order valence-electron chi connectivity index (χ3n) is 4.22. The molecule has 0 aliphatic heterocycles. The summed E-state index contributed by atoms with van der Waals surface area (Å²) < 4.78 is 6.95. The van der Waals surface area contributed by atoms with Crippen LogP contribution in [0.25, 0.3) is 0 Å². The van der Waals surface area contributed by atoms with Gasteiger partial charge in [-0.05, 0) is 38.2 Å². The summed E-state index contributed by atoms with van der Waals surface area (Å²) in [4.78, 5) is 14.6. The highest BCUT2D eigenvalue weighted by Crippen LogP contribution is 2.21. The maximum absolute atomic E-state index is 12.5. The average molecular weight is 330 g/mol. The lowest BCUT2D eigenvalue weighted by Gasteiger charge is -2.25. The number of aryl methyl sites for hydroxylation is 1. The molecular formula is C18H26N4O2. The molecule has 0 aliphatic rings. The molecule has 1 heterocycles. The van der Waals surface area contributed by atoms with E-state index >= 15 is 0 Å². The van der Waals surface area contributed by atoms with Gasteiger partial charge in [-0.25, -0.2) is 0 Å². The van der Waals surface area contributed by atoms with E-state index in [1.54, 1.807) is 18.0 Å². The van der Waals surface area contributed by atoms with Crippen molar-refractivity contribution in [2.75, 3.05) is 27.7 Å². The van der Waals surface area contributed by atoms with Crippen LogP contribution in [0.1, 0.15) is 34.6 Å². The quantitative estimate of drug-likeness (QED) is 0.844. The van der Waals surface area contributed by atoms with Gasteiger partial charge in [0.25, 0.3) is 5.91 Å². The largest absolute Gasteiger partial charge is 0.497 e. The molecule has 0 radical (unpaired) electrons. The van der Waals surface area contributed by atoms with Gasteiger partial charge >= 0.3 is 0 Å². The first-order valence-corrected chi connectivity index (χ1v) is 8.07. The molecule has 0 aliphatic carbocycles. The molecule has 6 heteroatoms. The Morgan fingerprint density at radius 1 is 1.33 bits per heavy atom. The van der Waals surface area contributed by atoms with E-state index in [-0.39, 0.29) is 11.9 Å². The third-order valence-corrected chi connectivity index (χ3v) is 4.22. The lowest BCUT2D eigenvalue weighted by atomic mass is 10.1. The van der Waals surface area contributed by atoms with Crippen molar-refractivity contribution in [3.05, 3.63) is 47.3 Å². The number of methoxy groups -OCH3 is 1. The summed E-state index contributed by atoms with van der Waals surface area (Å²) in [7, 11) is 7.51. The zero-order valence-electron chi connectivity index (χ0n) is 15.0. The van der Waals surface area contributed by atoms with Crippen LogP contribution < -0.4 is 10.1 Å². The summed E-state index contributed by atoms with van der Waals surface area (Å²) in [5.74, 6) is 0.739. The van der Waals surface area contributed by atoms with Crippen molar-refractivity contribution in [1.82, 2.24) is 20.0 Å². The van der Waals surface area contributed by atoms with E-state index < -0.39 is 0 Å². The van der Waals surface area contributed by atoms with Gasteiger partial charge in [-0.1, -0.05) is 19.1 Å². The average Bonchev–Trinajstić information content (AvgIpc) is 2.95. The van der Waals surface area contributed by atoms with E-state index in [9.17, 15) is 4.79 Å². The molecule has 0 saturated heterocycles. The van der Waals surface area contributed by atoms with E-state index in [0.29, 0.717) is 12.1 Å². The SMILES string of the molecule is CCc1c(C(=O)NC[C@H](c2ccc(OC)cc2)N(C)C)cnn1C. The van der Waals surface area contributed by atoms with Crippen LogP contribution in [-0.4, -0.2) is 48.3 Å². The number of nitrogens with one attached hydrogen (secondary N) is 1. The van der Waals surface area contributed by atoms with Gasteiger partial charge in [-0.2, -0.15) is 5.10 Å². The van der Waals surface area contributed by atoms with Crippen LogP contribution in [0, 0.1) is 0 Å². The van der Waals surface area contributed by atoms with E-state index in [0.717, 1.165) is 23.4 Å². The van der Waals surface area contributed by atoms with Gasteiger partial charge in [0.1, 0.15) is 5.75 Å². The number of hydrogen-bond acceptors (Lipinski definition) is 4. The van der Waals surface area contributed by atoms with Crippen LogP contribution in [0.15, 0.2) is 30.5 Å². The van der Waals surface area contributed by atoms with Crippen molar-refractivity contribution in [2.45, 2.75) is 19.4 Å². The first-order valence-electron chi connectivity index (χ1n) is 8.07. The molecule has 0 fully saturated rings. The normalized spacial score (nSPS) is 12.2. The first-order chi connectivity index (χ1) is 11.5. The Morgan fingerprint density at radius 3 is 2.54 bits per heavy atom. The Hall–Kier alpha value is -2.34. The molecule has 130 valence electrons. The summed E-state index contributed by atoms with van der Waals surface area (Å²) in [5.41, 5.74) is 2.72. The van der Waals surface area contributed by atoms with Gasteiger partial charge in [0.2, 0.25) is 0 Å². The second-order valence-corrected chi connectivity index (χ2v) is 5.94. The maximum Gasteiger partial charge on any atom is 0.254 e. The molecule has 1 atom stereocenters. The number of aromatic nitrogens is 2. The molecule has 1 N–H and O–H groups in total. The van der Waals surface area contributed by atoms with Crippen molar-refractivity contribution in [3.63, 3.8) is 0 Å². The van der Waals surface area contributed by atoms with Crippen LogP contribution in [0.5, 0.6) is 5.75 Å². The zero-order chi connectivity index (χ0) is 17.7. The summed E-state index contributed by atoms with van der Waals surface area (Å²) in [5, 5.41) is 7.21. The van der Waals surface area contributed by atoms with Crippen molar-refractivity contribution in [2.24, 2.45) is 7.05 Å². The predicted molar refractivity (Wildman–Crippen MR) is 94.3 cm³/mol. The lowest BCUT2D eigenvalue weighted by molar-refractivity contribution is 0.0941. The van der Waals surface area contributed by atoms with Crippen LogP contribution in [-0.2, 0) is 13.5 Å². The Kier molecular flexibility index (Phi) is 5.98. The minimum Gasteiger partial charge on any atom is -0.497 e. The Labute approximate surface area is 143 Å². The number of benzene rings is 1. The van der Waals surface area contributed by atoms with E-state index in [1.807, 2.05) is 52.3 Å². The molecule has 0 saturated carbocycles. The zero-order valence-corrected chi connectivity index (χ0v) is 15.0. The number of carbonyl (C=O) groups excluding carboxylic acids is 1. The second-order valence-electron chi connectivity index (χ2n) is 5.94. The number of likely N-dealkylation sites (N-methyl/N-ethyl adjacent to an activating group) is 1. The fraction of sp³-hybridized carbons (Fsp3) is 0.444. The van der Waals surface area contributed by atoms with Crippen LogP contribution >= 0.6 is 0 Å². The van der Waals surface area contributed by atoms with E-state index in [1.165, 1.54) is 0 Å². The Bertz CT molecular complexity index is 677. The molecule has 2 rings (SSSR count). The molecular weight excluding hydrogens is 304 g/mol. The van der Waals surface area contributed by atoms with Crippen LogP contribution in [0.3, 0.4) is 0 Å². The lowest BCUT2D eigenvalue weighted by Crippen LogP contribution is -2.34. The monoisotopic (exact) mass is 330 g/mol. The minimum atomic E-state index is -0.0830. The number of amides is 1. The van der Waals surface area contributed by atoms with Crippen molar-refractivity contribution in [3.8, 4) is 5.75 Å². The van der Waals surface area contributed by atoms with Gasteiger partial charge < -0.3 is 15.0 Å². The minimum absolute atomic E-state index is 0.0830. The molecule has 0 unspecified atom stereocenters. The standard InChI is InChI=1S/C18H26N4O2/c1-6-16-15(11-20-22(16)4)18(23)19-12-17(21(2)3)13-7-9-14(24-5)10-8-13/h7-11,17H,6,12H2,1-5H3,(H,19,23)/t17-/m1/s1. The highest BCUT2D eigenvalue weighted by Gasteiger charge is 2.18. The summed E-state index contributed by atoms with van der Waals surface area (Å²) >= 11 is 0. The molecule has 6 nitrogen and oxygen atoms in total. The first kappa shape index (κ1) is 18.0. The Balaban J connectivity index is 2.09. The van der Waals surface area contributed by atoms with Gasteiger partial charge in [-0.15, -0.1) is 0 Å². The van der Waals surface area contributed by atoms with E-state index in [4.69, 9.17) is 4.74 Å². The highest BCUT2D eigenvalue weighted by molar-refractivity contribution is 5.95. The highest BCUT2D eigenvalue weighted by atomic mass is 16.5. The molecule has 1 amide bonds. The Morgan fingerprint density at radius 2 is 2.00 bits per heavy atom. The maximum atomic E-state index is 12.5. The summed E-state index contributed by atoms with van der Waals surface area (Å²) in [6.07, 6.45) is 2.40. The smallest absolute Gasteiger partial charge is 0.254 e. The van der Waals surface area contributed by atoms with Crippen LogP contribution in [0.4, 0.5) is 0 Å². The molecule has 2 aromatic rings. The molecule has 24 heavy (non-hydrogen) atoms. The summed E-state index contributed by atoms with van der Waals surface area (Å²) in [6, 6.07) is 8.00. The van der Waals surface area contributed by atoms with Crippen molar-refractivity contribution >= 4 is 5.91 Å². The van der Waals surface area contributed by atoms with Gasteiger partial charge in [0, 0.05) is 13.6 Å². The topological polar surface area (TPSA) is 59.4 Å². The van der Waals surface area contributed by atoms with Gasteiger partial charge in [0.15, 0.2) is 0 Å². The number of ether oxygens (including phenoxy) is 1. The molecule has 0 spiro atoms. The molecule has 1 aromatic heterocycles. The van der Waals surface area contributed by atoms with Gasteiger partial charge in [0.05, 0.1) is 30.6 Å². The van der Waals surface area contributed by atoms with Crippen molar-refractivity contribution in [1.29, 1.82) is 0 Å². The van der Waals surface area contributed by atoms with Crippen molar-refractivity contribution < 1.29 is 9.53 Å². The second kappa shape index (κ2) is 7.97. The predicted octanol–water partition coefficient (Wildman–Crippen LogP) is 2.02. The van der Waals surface area contributed by atoms with Gasteiger partial charge in [-0.3, -0.25) is 9.48 Å². The number of rotatable bonds is 7. The van der Waals surface area contributed by atoms with Crippen LogP contribution in [0.2, 0.25) is 0 Å². The fourth-order valence-electron chi connectivity index (χ4n) is 2.78. The fourth-order valence-corrected chi connectivity index (χ4v) is 2.78. The van der Waals surface area contributed by atoms with E-state index in [2.05, 4.69) is 15.3 Å². The summed E-state index contributed by atoms with van der Waals surface area (Å²) in [6.45, 7) is 2.55. The number of hydrogen-bond donors (Lipinski definition) is 1. The molecule has 1 aromatic carbocycles. The molecule has 0 bridgehead atoms. The number of carbonyl (C=O) groups is 1. The number of nitrogens with zero attached hydrogens (tertiary/aromatic N) is 3. The third kappa shape index (κ3) is 3.94.